The Kier molecular flexibility index (Phi) is 5.54. The number of methoxy groups -OCH3 is 1. The summed E-state index contributed by atoms with van der Waals surface area (Å²) in [4.78, 5) is 24.1. The van der Waals surface area contributed by atoms with E-state index in [0.29, 0.717) is 19.5 Å². The van der Waals surface area contributed by atoms with Crippen LogP contribution in [0.25, 0.3) is 0 Å². The second-order valence-corrected chi connectivity index (χ2v) is 6.35. The van der Waals surface area contributed by atoms with E-state index >= 15 is 0 Å². The minimum absolute atomic E-state index is 0.0654. The average Bonchev–Trinajstić information content (AvgIpc) is 3.05. The minimum Gasteiger partial charge on any atom is -0.494 e. The summed E-state index contributed by atoms with van der Waals surface area (Å²) < 4.78 is 18.6. The van der Waals surface area contributed by atoms with Crippen molar-refractivity contribution in [2.24, 2.45) is 0 Å². The second-order valence-electron chi connectivity index (χ2n) is 6.35. The van der Waals surface area contributed by atoms with Crippen molar-refractivity contribution in [3.8, 4) is 5.75 Å². The molecule has 27 heavy (non-hydrogen) atoms. The lowest BCUT2D eigenvalue weighted by Crippen LogP contribution is -2.23. The van der Waals surface area contributed by atoms with Crippen LogP contribution in [0, 0.1) is 15.9 Å². The average molecular weight is 373 g/mol. The SMILES string of the molecule is COc1cc(NCc2cccc(CN3CCCC3=O)c2)c([N+](=O)[O-])cc1F. The van der Waals surface area contributed by atoms with E-state index in [9.17, 15) is 19.3 Å². The molecule has 0 aliphatic carbocycles. The minimum atomic E-state index is -0.785. The fourth-order valence-electron chi connectivity index (χ4n) is 3.12. The Bertz CT molecular complexity index is 872. The monoisotopic (exact) mass is 373 g/mol. The third kappa shape index (κ3) is 4.33. The zero-order valence-electron chi connectivity index (χ0n) is 14.9. The van der Waals surface area contributed by atoms with E-state index in [1.54, 1.807) is 0 Å². The van der Waals surface area contributed by atoms with Crippen molar-refractivity contribution in [2.45, 2.75) is 25.9 Å². The first-order valence-electron chi connectivity index (χ1n) is 8.59. The predicted octanol–water partition coefficient (Wildman–Crippen LogP) is 3.48. The van der Waals surface area contributed by atoms with Gasteiger partial charge in [0.15, 0.2) is 11.6 Å². The van der Waals surface area contributed by atoms with Crippen molar-refractivity contribution in [1.82, 2.24) is 4.90 Å². The summed E-state index contributed by atoms with van der Waals surface area (Å²) in [6, 6.07) is 9.78. The lowest BCUT2D eigenvalue weighted by molar-refractivity contribution is -0.384. The number of likely N-dealkylation sites (tertiary alicyclic amines) is 1. The molecule has 1 heterocycles. The molecule has 142 valence electrons. The number of anilines is 1. The molecule has 7 nitrogen and oxygen atoms in total. The van der Waals surface area contributed by atoms with Gasteiger partial charge in [0.05, 0.1) is 18.1 Å². The van der Waals surface area contributed by atoms with Crippen molar-refractivity contribution in [1.29, 1.82) is 0 Å². The Balaban J connectivity index is 1.74. The molecule has 0 atom stereocenters. The highest BCUT2D eigenvalue weighted by molar-refractivity contribution is 5.78. The Morgan fingerprint density at radius 1 is 1.30 bits per heavy atom. The van der Waals surface area contributed by atoms with Crippen LogP contribution >= 0.6 is 0 Å². The van der Waals surface area contributed by atoms with Gasteiger partial charge in [-0.1, -0.05) is 24.3 Å². The highest BCUT2D eigenvalue weighted by atomic mass is 19.1. The van der Waals surface area contributed by atoms with Gasteiger partial charge in [0.2, 0.25) is 5.91 Å². The van der Waals surface area contributed by atoms with Gasteiger partial charge in [0.1, 0.15) is 5.69 Å². The number of hydrogen-bond acceptors (Lipinski definition) is 5. The molecule has 0 unspecified atom stereocenters. The lowest BCUT2D eigenvalue weighted by Gasteiger charge is -2.16. The van der Waals surface area contributed by atoms with E-state index in [0.717, 1.165) is 30.2 Å². The molecule has 1 saturated heterocycles. The maximum absolute atomic E-state index is 13.7. The number of benzene rings is 2. The first kappa shape index (κ1) is 18.6. The summed E-state index contributed by atoms with van der Waals surface area (Å²) in [5.74, 6) is -0.691. The number of nitrogens with one attached hydrogen (secondary N) is 1. The van der Waals surface area contributed by atoms with E-state index in [1.807, 2.05) is 29.2 Å². The van der Waals surface area contributed by atoms with E-state index < -0.39 is 10.7 Å². The number of amides is 1. The molecule has 1 fully saturated rings. The predicted molar refractivity (Wildman–Crippen MR) is 98.0 cm³/mol. The Hall–Kier alpha value is -3.16. The van der Waals surface area contributed by atoms with Crippen LogP contribution in [0.4, 0.5) is 15.8 Å². The summed E-state index contributed by atoms with van der Waals surface area (Å²) in [5.41, 5.74) is 1.72. The smallest absolute Gasteiger partial charge is 0.295 e. The number of nitro benzene ring substituents is 1. The molecule has 0 saturated carbocycles. The zero-order valence-corrected chi connectivity index (χ0v) is 14.9. The van der Waals surface area contributed by atoms with Gasteiger partial charge in [-0.15, -0.1) is 0 Å². The molecule has 1 aliphatic heterocycles. The molecule has 1 aliphatic rings. The number of ether oxygens (including phenoxy) is 1. The largest absolute Gasteiger partial charge is 0.494 e. The van der Waals surface area contributed by atoms with E-state index in [4.69, 9.17) is 4.74 Å². The standard InChI is InChI=1S/C19H20FN3O4/c1-27-18-10-16(17(23(25)26)9-15(18)20)21-11-13-4-2-5-14(8-13)12-22-7-3-6-19(22)24/h2,4-5,8-10,21H,3,6-7,11-12H2,1H3. The topological polar surface area (TPSA) is 84.7 Å². The highest BCUT2D eigenvalue weighted by Gasteiger charge is 2.21. The van der Waals surface area contributed by atoms with E-state index in [2.05, 4.69) is 5.32 Å². The van der Waals surface area contributed by atoms with E-state index in [-0.39, 0.29) is 23.0 Å². The Morgan fingerprint density at radius 3 is 2.74 bits per heavy atom. The molecule has 8 heteroatoms. The third-order valence-electron chi connectivity index (χ3n) is 4.49. The van der Waals surface area contributed by atoms with Crippen molar-refractivity contribution < 1.29 is 18.8 Å². The number of halogens is 1. The van der Waals surface area contributed by atoms with Crippen LogP contribution in [0.1, 0.15) is 24.0 Å². The van der Waals surface area contributed by atoms with Crippen molar-refractivity contribution in [2.75, 3.05) is 19.0 Å². The second kappa shape index (κ2) is 8.03. The number of carbonyl (C=O) groups excluding carboxylic acids is 1. The number of hydrogen-bond donors (Lipinski definition) is 1. The molecule has 2 aromatic rings. The van der Waals surface area contributed by atoms with Crippen molar-refractivity contribution in [3.05, 3.63) is 63.5 Å². The van der Waals surface area contributed by atoms with Crippen LogP contribution in [0.2, 0.25) is 0 Å². The molecule has 2 aromatic carbocycles. The van der Waals surface area contributed by atoms with Gasteiger partial charge in [-0.05, 0) is 17.5 Å². The molecular formula is C19H20FN3O4. The van der Waals surface area contributed by atoms with Crippen LogP contribution in [-0.4, -0.2) is 29.4 Å². The molecule has 1 N–H and O–H groups in total. The lowest BCUT2D eigenvalue weighted by atomic mass is 10.1. The Morgan fingerprint density at radius 2 is 2.07 bits per heavy atom. The molecule has 3 rings (SSSR count). The summed E-state index contributed by atoms with van der Waals surface area (Å²) >= 11 is 0. The Labute approximate surface area is 155 Å². The summed E-state index contributed by atoms with van der Waals surface area (Å²) in [5, 5.41) is 14.2. The number of nitrogens with zero attached hydrogens (tertiary/aromatic N) is 2. The quantitative estimate of drug-likeness (QED) is 0.593. The number of rotatable bonds is 7. The highest BCUT2D eigenvalue weighted by Crippen LogP contribution is 2.32. The maximum Gasteiger partial charge on any atom is 0.295 e. The fourth-order valence-corrected chi connectivity index (χ4v) is 3.12. The normalized spacial score (nSPS) is 13.7. The summed E-state index contributed by atoms with van der Waals surface area (Å²) in [6.45, 7) is 1.64. The van der Waals surface area contributed by atoms with Crippen LogP contribution in [-0.2, 0) is 17.9 Å². The molecule has 1 amide bonds. The summed E-state index contributed by atoms with van der Waals surface area (Å²) in [6.07, 6.45) is 1.48. The molecule has 0 bridgehead atoms. The molecule has 0 radical (unpaired) electrons. The number of carbonyl (C=O) groups is 1. The van der Waals surface area contributed by atoms with Gasteiger partial charge >= 0.3 is 0 Å². The van der Waals surface area contributed by atoms with Crippen LogP contribution in [0.5, 0.6) is 5.75 Å². The molecule has 0 aromatic heterocycles. The number of nitro groups is 1. The molecule has 0 spiro atoms. The summed E-state index contributed by atoms with van der Waals surface area (Å²) in [7, 11) is 1.30. The van der Waals surface area contributed by atoms with Crippen LogP contribution < -0.4 is 10.1 Å². The van der Waals surface area contributed by atoms with Crippen molar-refractivity contribution >= 4 is 17.3 Å². The van der Waals surface area contributed by atoms with Gasteiger partial charge in [0.25, 0.3) is 5.69 Å². The molecular weight excluding hydrogens is 353 g/mol. The third-order valence-corrected chi connectivity index (χ3v) is 4.49. The first-order valence-corrected chi connectivity index (χ1v) is 8.59. The fraction of sp³-hybridized carbons (Fsp3) is 0.316. The van der Waals surface area contributed by atoms with Gasteiger partial charge in [-0.3, -0.25) is 14.9 Å². The van der Waals surface area contributed by atoms with E-state index in [1.165, 1.54) is 13.2 Å². The van der Waals surface area contributed by atoms with Gasteiger partial charge in [-0.25, -0.2) is 4.39 Å². The zero-order chi connectivity index (χ0) is 19.4. The first-order chi connectivity index (χ1) is 13.0. The maximum atomic E-state index is 13.7. The van der Waals surface area contributed by atoms with Gasteiger partial charge in [-0.2, -0.15) is 0 Å². The van der Waals surface area contributed by atoms with Crippen LogP contribution in [0.3, 0.4) is 0 Å². The van der Waals surface area contributed by atoms with Gasteiger partial charge in [0, 0.05) is 32.1 Å². The van der Waals surface area contributed by atoms with Gasteiger partial charge < -0.3 is 15.0 Å². The van der Waals surface area contributed by atoms with Crippen molar-refractivity contribution in [3.63, 3.8) is 0 Å². The van der Waals surface area contributed by atoms with Crippen LogP contribution in [0.15, 0.2) is 36.4 Å².